The lowest BCUT2D eigenvalue weighted by Crippen LogP contribution is -2.69. The summed E-state index contributed by atoms with van der Waals surface area (Å²) in [5.74, 6) is 4.25. The van der Waals surface area contributed by atoms with Crippen LogP contribution in [0.4, 0.5) is 0 Å². The van der Waals surface area contributed by atoms with Crippen molar-refractivity contribution in [1.82, 2.24) is 5.32 Å². The molecule has 20 heavy (non-hydrogen) atoms. The van der Waals surface area contributed by atoms with Crippen LogP contribution in [-0.2, 0) is 4.79 Å². The summed E-state index contributed by atoms with van der Waals surface area (Å²) < 4.78 is 0. The topological polar surface area (TPSA) is 29.1 Å². The van der Waals surface area contributed by atoms with Gasteiger partial charge in [-0.05, 0) is 80.6 Å². The highest BCUT2D eigenvalue weighted by Crippen LogP contribution is 2.62. The molecule has 0 aromatic heterocycles. The molecule has 5 rings (SSSR count). The quantitative estimate of drug-likeness (QED) is 0.781. The number of rotatable bonds is 3. The lowest BCUT2D eigenvalue weighted by Gasteiger charge is -2.63. The zero-order chi connectivity index (χ0) is 13.7. The van der Waals surface area contributed by atoms with Crippen LogP contribution >= 0.6 is 0 Å². The molecular weight excluding hydrogens is 246 g/mol. The summed E-state index contributed by atoms with van der Waals surface area (Å²) in [6.07, 6.45) is 13.9. The molecule has 0 aromatic rings. The number of hydrogen-bond donors (Lipinski definition) is 1. The Labute approximate surface area is 122 Å². The van der Waals surface area contributed by atoms with Crippen molar-refractivity contribution < 1.29 is 4.79 Å². The largest absolute Gasteiger partial charge is 0.346 e. The Morgan fingerprint density at radius 3 is 2.00 bits per heavy atom. The molecule has 0 saturated heterocycles. The van der Waals surface area contributed by atoms with Crippen molar-refractivity contribution in [3.8, 4) is 0 Å². The predicted molar refractivity (Wildman–Crippen MR) is 80.1 cm³/mol. The van der Waals surface area contributed by atoms with Crippen molar-refractivity contribution in [2.24, 2.45) is 29.6 Å². The van der Waals surface area contributed by atoms with Gasteiger partial charge in [-0.2, -0.15) is 0 Å². The first-order valence-corrected chi connectivity index (χ1v) is 8.67. The molecule has 5 aliphatic rings. The van der Waals surface area contributed by atoms with Gasteiger partial charge in [0.1, 0.15) is 0 Å². The van der Waals surface area contributed by atoms with E-state index < -0.39 is 0 Å². The summed E-state index contributed by atoms with van der Waals surface area (Å²) in [6, 6.07) is 0. The van der Waals surface area contributed by atoms with Gasteiger partial charge in [0, 0.05) is 5.54 Å². The van der Waals surface area contributed by atoms with Gasteiger partial charge in [-0.3, -0.25) is 4.79 Å². The van der Waals surface area contributed by atoms with E-state index in [-0.39, 0.29) is 11.4 Å². The first-order valence-electron chi connectivity index (χ1n) is 8.67. The fourth-order valence-electron chi connectivity index (χ4n) is 6.60. The van der Waals surface area contributed by atoms with Gasteiger partial charge >= 0.3 is 0 Å². The maximum atomic E-state index is 12.1. The minimum atomic E-state index is 0.0735. The summed E-state index contributed by atoms with van der Waals surface area (Å²) in [7, 11) is 0. The van der Waals surface area contributed by atoms with Gasteiger partial charge in [0.2, 0.25) is 5.91 Å². The van der Waals surface area contributed by atoms with Crippen LogP contribution in [0.2, 0.25) is 0 Å². The van der Waals surface area contributed by atoms with Crippen molar-refractivity contribution in [2.75, 3.05) is 0 Å². The Morgan fingerprint density at radius 1 is 0.950 bits per heavy atom. The van der Waals surface area contributed by atoms with E-state index in [1.165, 1.54) is 63.9 Å². The van der Waals surface area contributed by atoms with Gasteiger partial charge in [0.05, 0.1) is 0 Å². The summed E-state index contributed by atoms with van der Waals surface area (Å²) in [6.45, 7) is 3.69. The second-order valence-corrected chi connectivity index (χ2v) is 7.91. The first-order chi connectivity index (χ1) is 9.72. The third-order valence-corrected chi connectivity index (χ3v) is 7.04. The molecular formula is C18H27NO. The van der Waals surface area contributed by atoms with Crippen molar-refractivity contribution in [1.29, 1.82) is 0 Å². The average Bonchev–Trinajstić information content (AvgIpc) is 2.96. The molecule has 0 aromatic carbocycles. The monoisotopic (exact) mass is 273 g/mol. The van der Waals surface area contributed by atoms with E-state index in [0.717, 1.165) is 29.6 Å². The highest BCUT2D eigenvalue weighted by atomic mass is 16.1. The van der Waals surface area contributed by atoms with Gasteiger partial charge in [0.25, 0.3) is 0 Å². The Hall–Kier alpha value is -0.790. The Bertz CT molecular complexity index is 393. The van der Waals surface area contributed by atoms with Crippen molar-refractivity contribution in [2.45, 2.75) is 63.3 Å². The molecule has 5 fully saturated rings. The smallest absolute Gasteiger partial charge is 0.243 e. The zero-order valence-corrected chi connectivity index (χ0v) is 12.4. The second kappa shape index (κ2) is 4.61. The van der Waals surface area contributed by atoms with Crippen LogP contribution in [0.1, 0.15) is 57.8 Å². The van der Waals surface area contributed by atoms with E-state index in [4.69, 9.17) is 0 Å². The third kappa shape index (κ3) is 1.72. The highest BCUT2D eigenvalue weighted by Gasteiger charge is 2.60. The van der Waals surface area contributed by atoms with E-state index in [9.17, 15) is 4.79 Å². The number of carbonyl (C=O) groups is 1. The minimum absolute atomic E-state index is 0.0735. The molecule has 2 heteroatoms. The molecule has 1 amide bonds. The van der Waals surface area contributed by atoms with Crippen LogP contribution in [0.15, 0.2) is 12.7 Å². The van der Waals surface area contributed by atoms with Crippen molar-refractivity contribution in [3.63, 3.8) is 0 Å². The zero-order valence-electron chi connectivity index (χ0n) is 12.4. The van der Waals surface area contributed by atoms with Gasteiger partial charge in [0.15, 0.2) is 0 Å². The SMILES string of the molecule is C=CC(=O)NC1(C2CCCC2)C2CC3CC(C2)CC1C3. The molecule has 5 aliphatic carbocycles. The van der Waals surface area contributed by atoms with Crippen LogP contribution in [0.5, 0.6) is 0 Å². The maximum Gasteiger partial charge on any atom is 0.243 e. The fraction of sp³-hybridized carbons (Fsp3) is 0.833. The lowest BCUT2D eigenvalue weighted by atomic mass is 9.45. The van der Waals surface area contributed by atoms with E-state index in [1.807, 2.05) is 0 Å². The minimum Gasteiger partial charge on any atom is -0.346 e. The van der Waals surface area contributed by atoms with Crippen LogP contribution < -0.4 is 5.32 Å². The molecule has 0 unspecified atom stereocenters. The highest BCUT2D eigenvalue weighted by molar-refractivity contribution is 5.87. The van der Waals surface area contributed by atoms with Crippen LogP contribution in [0.3, 0.4) is 0 Å². The van der Waals surface area contributed by atoms with E-state index >= 15 is 0 Å². The van der Waals surface area contributed by atoms with Gasteiger partial charge in [-0.15, -0.1) is 0 Å². The summed E-state index contributed by atoms with van der Waals surface area (Å²) in [4.78, 5) is 12.1. The van der Waals surface area contributed by atoms with Crippen molar-refractivity contribution >= 4 is 5.91 Å². The summed E-state index contributed by atoms with van der Waals surface area (Å²) in [5.41, 5.74) is 0.134. The molecule has 1 N–H and O–H groups in total. The third-order valence-electron chi connectivity index (χ3n) is 7.04. The number of hydrogen-bond acceptors (Lipinski definition) is 1. The van der Waals surface area contributed by atoms with E-state index in [2.05, 4.69) is 11.9 Å². The Balaban J connectivity index is 1.70. The number of carbonyl (C=O) groups excluding carboxylic acids is 1. The molecule has 0 aliphatic heterocycles. The molecule has 5 saturated carbocycles. The number of amides is 1. The first kappa shape index (κ1) is 12.9. The van der Waals surface area contributed by atoms with Crippen LogP contribution in [0, 0.1) is 29.6 Å². The molecule has 0 spiro atoms. The van der Waals surface area contributed by atoms with Gasteiger partial charge < -0.3 is 5.32 Å². The lowest BCUT2D eigenvalue weighted by molar-refractivity contribution is -0.134. The number of nitrogens with one attached hydrogen (secondary N) is 1. The Kier molecular flexibility index (Phi) is 2.98. The summed E-state index contributed by atoms with van der Waals surface area (Å²) >= 11 is 0. The van der Waals surface area contributed by atoms with Crippen LogP contribution in [-0.4, -0.2) is 11.4 Å². The molecule has 4 bridgehead atoms. The predicted octanol–water partition coefficient (Wildman–Crippen LogP) is 3.67. The standard InChI is InChI=1S/C18H27NO/c1-2-17(20)19-18(14-5-3-4-6-14)15-8-12-7-13(10-15)11-16(18)9-12/h2,12-16H,1,3-11H2,(H,19,20). The van der Waals surface area contributed by atoms with Crippen LogP contribution in [0.25, 0.3) is 0 Å². The fourth-order valence-corrected chi connectivity index (χ4v) is 6.60. The second-order valence-electron chi connectivity index (χ2n) is 7.91. The molecule has 2 nitrogen and oxygen atoms in total. The average molecular weight is 273 g/mol. The van der Waals surface area contributed by atoms with E-state index in [0.29, 0.717) is 0 Å². The molecule has 110 valence electrons. The maximum absolute atomic E-state index is 12.1. The normalized spacial score (nSPS) is 46.6. The molecule has 0 radical (unpaired) electrons. The van der Waals surface area contributed by atoms with Gasteiger partial charge in [-0.1, -0.05) is 19.4 Å². The molecule has 0 heterocycles. The molecule has 0 atom stereocenters. The summed E-state index contributed by atoms with van der Waals surface area (Å²) in [5, 5.41) is 3.51. The van der Waals surface area contributed by atoms with E-state index in [1.54, 1.807) is 0 Å². The Morgan fingerprint density at radius 2 is 1.50 bits per heavy atom. The van der Waals surface area contributed by atoms with Gasteiger partial charge in [-0.25, -0.2) is 0 Å². The van der Waals surface area contributed by atoms with Crippen molar-refractivity contribution in [3.05, 3.63) is 12.7 Å².